The summed E-state index contributed by atoms with van der Waals surface area (Å²) in [6.45, 7) is 3.81. The molecular formula is C14H18N2O2S. The van der Waals surface area contributed by atoms with Crippen molar-refractivity contribution >= 4 is 22.4 Å². The average molecular weight is 278 g/mol. The van der Waals surface area contributed by atoms with Crippen molar-refractivity contribution in [2.75, 3.05) is 11.1 Å². The Balaban J connectivity index is 2.39. The molecule has 1 rings (SSSR count). The zero-order valence-corrected chi connectivity index (χ0v) is 12.0. The molecular weight excluding hydrogens is 260 g/mol. The lowest BCUT2D eigenvalue weighted by molar-refractivity contribution is -0.116. The molecule has 1 aromatic rings. The van der Waals surface area contributed by atoms with Gasteiger partial charge in [0.2, 0.25) is 5.91 Å². The van der Waals surface area contributed by atoms with Gasteiger partial charge in [-0.2, -0.15) is 5.26 Å². The first-order valence-electron chi connectivity index (χ1n) is 6.20. The first-order chi connectivity index (χ1) is 9.02. The monoisotopic (exact) mass is 278 g/mol. The van der Waals surface area contributed by atoms with Gasteiger partial charge in [-0.3, -0.25) is 9.00 Å². The van der Waals surface area contributed by atoms with E-state index in [1.165, 1.54) is 0 Å². The molecule has 102 valence electrons. The number of hydrogen-bond donors (Lipinski definition) is 1. The van der Waals surface area contributed by atoms with Crippen molar-refractivity contribution in [2.45, 2.75) is 31.9 Å². The van der Waals surface area contributed by atoms with Crippen LogP contribution in [-0.2, 0) is 15.6 Å². The van der Waals surface area contributed by atoms with Gasteiger partial charge in [-0.05, 0) is 24.6 Å². The van der Waals surface area contributed by atoms with Crippen molar-refractivity contribution in [3.05, 3.63) is 29.8 Å². The van der Waals surface area contributed by atoms with E-state index in [2.05, 4.69) is 5.32 Å². The predicted molar refractivity (Wildman–Crippen MR) is 77.2 cm³/mol. The molecule has 0 aromatic heterocycles. The number of nitrogens with zero attached hydrogens (tertiary/aromatic N) is 1. The lowest BCUT2D eigenvalue weighted by atomic mass is 10.2. The molecule has 1 N–H and O–H groups in total. The molecule has 1 atom stereocenters. The molecule has 0 spiro atoms. The third kappa shape index (κ3) is 5.66. The van der Waals surface area contributed by atoms with Crippen LogP contribution in [0.2, 0.25) is 0 Å². The van der Waals surface area contributed by atoms with Crippen LogP contribution in [0.1, 0.15) is 32.3 Å². The molecule has 1 amide bonds. The Labute approximate surface area is 116 Å². The van der Waals surface area contributed by atoms with E-state index in [9.17, 15) is 9.00 Å². The highest BCUT2D eigenvalue weighted by molar-refractivity contribution is 7.85. The van der Waals surface area contributed by atoms with Crippen LogP contribution in [0.5, 0.6) is 0 Å². The first kappa shape index (κ1) is 15.4. The number of amides is 1. The van der Waals surface area contributed by atoms with Gasteiger partial charge < -0.3 is 5.32 Å². The van der Waals surface area contributed by atoms with E-state index < -0.39 is 10.8 Å². The molecule has 1 unspecified atom stereocenters. The molecule has 1 aromatic carbocycles. The summed E-state index contributed by atoms with van der Waals surface area (Å²) in [5.74, 6) is 0.430. The molecule has 0 aliphatic carbocycles. The van der Waals surface area contributed by atoms with Gasteiger partial charge in [0.15, 0.2) is 0 Å². The molecule has 4 nitrogen and oxygen atoms in total. The third-order valence-corrected chi connectivity index (χ3v) is 4.29. The van der Waals surface area contributed by atoms with Gasteiger partial charge in [0.25, 0.3) is 0 Å². The van der Waals surface area contributed by atoms with Crippen LogP contribution in [0.15, 0.2) is 24.3 Å². The van der Waals surface area contributed by atoms with E-state index in [-0.39, 0.29) is 11.2 Å². The van der Waals surface area contributed by atoms with Crippen molar-refractivity contribution in [3.63, 3.8) is 0 Å². The number of nitriles is 1. The second-order valence-corrected chi connectivity index (χ2v) is 6.59. The fourth-order valence-corrected chi connectivity index (χ4v) is 2.40. The fourth-order valence-electron chi connectivity index (χ4n) is 1.50. The van der Waals surface area contributed by atoms with Gasteiger partial charge in [-0.1, -0.05) is 19.9 Å². The Bertz CT molecular complexity index is 506. The highest BCUT2D eigenvalue weighted by Gasteiger charge is 2.07. The number of hydrogen-bond acceptors (Lipinski definition) is 3. The number of carbonyl (C=O) groups excluding carboxylic acids is 1. The topological polar surface area (TPSA) is 70.0 Å². The standard InChI is InChI=1S/C14H18N2O2S/c1-11(2)19(18)8-4-7-14(17)16-13-6-3-5-12(9-13)10-15/h3,5-6,9,11H,4,7-8H2,1-2H3,(H,16,17). The minimum absolute atomic E-state index is 0.115. The summed E-state index contributed by atoms with van der Waals surface area (Å²) in [4.78, 5) is 11.7. The van der Waals surface area contributed by atoms with E-state index in [1.807, 2.05) is 19.9 Å². The van der Waals surface area contributed by atoms with Crippen LogP contribution >= 0.6 is 0 Å². The van der Waals surface area contributed by atoms with Gasteiger partial charge in [0.1, 0.15) is 0 Å². The minimum atomic E-state index is -0.863. The zero-order chi connectivity index (χ0) is 14.3. The lowest BCUT2D eigenvalue weighted by Gasteiger charge is -2.07. The van der Waals surface area contributed by atoms with Crippen LogP contribution < -0.4 is 5.32 Å². The second kappa shape index (κ2) is 7.70. The van der Waals surface area contributed by atoms with Gasteiger partial charge in [-0.25, -0.2) is 0 Å². The van der Waals surface area contributed by atoms with Crippen molar-refractivity contribution in [2.24, 2.45) is 0 Å². The summed E-state index contributed by atoms with van der Waals surface area (Å²) < 4.78 is 11.5. The molecule has 0 aliphatic rings. The molecule has 19 heavy (non-hydrogen) atoms. The summed E-state index contributed by atoms with van der Waals surface area (Å²) in [5.41, 5.74) is 1.13. The molecule has 0 saturated carbocycles. The predicted octanol–water partition coefficient (Wildman–Crippen LogP) is 2.43. The molecule has 0 aliphatic heterocycles. The van der Waals surface area contributed by atoms with Gasteiger partial charge in [-0.15, -0.1) is 0 Å². The fraction of sp³-hybridized carbons (Fsp3) is 0.429. The van der Waals surface area contributed by atoms with Crippen LogP contribution in [-0.4, -0.2) is 21.1 Å². The minimum Gasteiger partial charge on any atom is -0.326 e. The Morgan fingerprint density at radius 2 is 2.21 bits per heavy atom. The molecule has 0 saturated heterocycles. The zero-order valence-electron chi connectivity index (χ0n) is 11.2. The van der Waals surface area contributed by atoms with Crippen LogP contribution in [0.25, 0.3) is 0 Å². The number of nitrogens with one attached hydrogen (secondary N) is 1. The SMILES string of the molecule is CC(C)S(=O)CCCC(=O)Nc1cccc(C#N)c1. The van der Waals surface area contributed by atoms with Gasteiger partial charge >= 0.3 is 0 Å². The summed E-state index contributed by atoms with van der Waals surface area (Å²) in [6.07, 6.45) is 0.948. The molecule has 0 bridgehead atoms. The number of benzene rings is 1. The first-order valence-corrected chi connectivity index (χ1v) is 7.58. The highest BCUT2D eigenvalue weighted by Crippen LogP contribution is 2.10. The van der Waals surface area contributed by atoms with Gasteiger partial charge in [0, 0.05) is 33.9 Å². The van der Waals surface area contributed by atoms with E-state index >= 15 is 0 Å². The van der Waals surface area contributed by atoms with Crippen molar-refractivity contribution in [1.29, 1.82) is 5.26 Å². The summed E-state index contributed by atoms with van der Waals surface area (Å²) in [7, 11) is -0.863. The Morgan fingerprint density at radius 1 is 1.47 bits per heavy atom. The molecule has 0 heterocycles. The summed E-state index contributed by atoms with van der Waals surface area (Å²) in [5, 5.41) is 11.6. The smallest absolute Gasteiger partial charge is 0.224 e. The largest absolute Gasteiger partial charge is 0.326 e. The van der Waals surface area contributed by atoms with E-state index in [1.54, 1.807) is 24.3 Å². The van der Waals surface area contributed by atoms with Crippen LogP contribution in [0, 0.1) is 11.3 Å². The van der Waals surface area contributed by atoms with E-state index in [0.29, 0.717) is 29.8 Å². The lowest BCUT2D eigenvalue weighted by Crippen LogP contribution is -2.15. The van der Waals surface area contributed by atoms with Crippen LogP contribution in [0.4, 0.5) is 5.69 Å². The molecule has 0 fully saturated rings. The number of carbonyl (C=O) groups is 1. The molecule has 5 heteroatoms. The maximum absolute atomic E-state index is 11.7. The van der Waals surface area contributed by atoms with Gasteiger partial charge in [0.05, 0.1) is 11.6 Å². The van der Waals surface area contributed by atoms with E-state index in [4.69, 9.17) is 5.26 Å². The van der Waals surface area contributed by atoms with Crippen molar-refractivity contribution in [1.82, 2.24) is 0 Å². The number of rotatable bonds is 6. The Morgan fingerprint density at radius 3 is 2.84 bits per heavy atom. The second-order valence-electron chi connectivity index (χ2n) is 4.48. The van der Waals surface area contributed by atoms with Crippen LogP contribution in [0.3, 0.4) is 0 Å². The van der Waals surface area contributed by atoms with Crippen molar-refractivity contribution < 1.29 is 9.00 Å². The quantitative estimate of drug-likeness (QED) is 0.868. The molecule has 0 radical (unpaired) electrons. The number of anilines is 1. The maximum Gasteiger partial charge on any atom is 0.224 e. The summed E-state index contributed by atoms with van der Waals surface area (Å²) in [6, 6.07) is 8.80. The average Bonchev–Trinajstić information content (AvgIpc) is 2.38. The highest BCUT2D eigenvalue weighted by atomic mass is 32.2. The normalized spacial score (nSPS) is 11.9. The Kier molecular flexibility index (Phi) is 6.23. The van der Waals surface area contributed by atoms with E-state index in [0.717, 1.165) is 0 Å². The summed E-state index contributed by atoms with van der Waals surface area (Å²) >= 11 is 0. The van der Waals surface area contributed by atoms with Crippen molar-refractivity contribution in [3.8, 4) is 6.07 Å². The Hall–Kier alpha value is -1.67. The maximum atomic E-state index is 11.7. The third-order valence-electron chi connectivity index (χ3n) is 2.55.